The molecule has 1 aromatic heterocycles. The molecule has 0 atom stereocenters. The van der Waals surface area contributed by atoms with Crippen LogP contribution in [0.25, 0.3) is 0 Å². The summed E-state index contributed by atoms with van der Waals surface area (Å²) in [5.41, 5.74) is -0.186. The number of rotatable bonds is 4. The fraction of sp³-hybridized carbons (Fsp3) is 0.750. The van der Waals surface area contributed by atoms with E-state index in [1.807, 2.05) is 0 Å². The van der Waals surface area contributed by atoms with Crippen LogP contribution < -0.4 is 5.32 Å². The van der Waals surface area contributed by atoms with Gasteiger partial charge in [0.05, 0.1) is 0 Å². The number of aromatic nitrogens is 2. The summed E-state index contributed by atoms with van der Waals surface area (Å²) in [7, 11) is 1.42. The Bertz CT molecular complexity index is 564. The topological polar surface area (TPSA) is 59.4 Å². The SMILES string of the molecule is Cn1nc(C(=O)NC2CCN(C3CCOCC3)CC2)cc1C(F)F. The van der Waals surface area contributed by atoms with Gasteiger partial charge in [-0.3, -0.25) is 9.48 Å². The Kier molecular flexibility index (Phi) is 5.45. The van der Waals surface area contributed by atoms with Crippen molar-refractivity contribution in [1.29, 1.82) is 0 Å². The van der Waals surface area contributed by atoms with Gasteiger partial charge in [0.15, 0.2) is 5.69 Å². The number of piperidine rings is 1. The van der Waals surface area contributed by atoms with Crippen LogP contribution in [0.1, 0.15) is 48.3 Å². The third-order valence-corrected chi connectivity index (χ3v) is 4.94. The number of alkyl halides is 2. The van der Waals surface area contributed by atoms with Gasteiger partial charge in [0, 0.05) is 45.4 Å². The maximum atomic E-state index is 12.8. The lowest BCUT2D eigenvalue weighted by Crippen LogP contribution is -2.49. The van der Waals surface area contributed by atoms with Crippen molar-refractivity contribution in [2.75, 3.05) is 26.3 Å². The van der Waals surface area contributed by atoms with Gasteiger partial charge in [-0.2, -0.15) is 5.10 Å². The normalized spacial score (nSPS) is 21.3. The van der Waals surface area contributed by atoms with Crippen molar-refractivity contribution in [1.82, 2.24) is 20.0 Å². The van der Waals surface area contributed by atoms with Gasteiger partial charge >= 0.3 is 0 Å². The fourth-order valence-corrected chi connectivity index (χ4v) is 3.52. The average molecular weight is 342 g/mol. The molecule has 0 aromatic carbocycles. The second-order valence-electron chi connectivity index (χ2n) is 6.51. The van der Waals surface area contributed by atoms with Crippen LogP contribution in [0.15, 0.2) is 6.07 Å². The number of hydrogen-bond donors (Lipinski definition) is 1. The van der Waals surface area contributed by atoms with Crippen LogP contribution in [0.5, 0.6) is 0 Å². The van der Waals surface area contributed by atoms with Crippen LogP contribution in [0.4, 0.5) is 8.78 Å². The van der Waals surface area contributed by atoms with Gasteiger partial charge in [-0.15, -0.1) is 0 Å². The summed E-state index contributed by atoms with van der Waals surface area (Å²) in [5, 5.41) is 6.81. The van der Waals surface area contributed by atoms with E-state index >= 15 is 0 Å². The Morgan fingerprint density at radius 1 is 1.29 bits per heavy atom. The highest BCUT2D eigenvalue weighted by Crippen LogP contribution is 2.21. The molecule has 6 nitrogen and oxygen atoms in total. The van der Waals surface area contributed by atoms with E-state index in [1.165, 1.54) is 7.05 Å². The van der Waals surface area contributed by atoms with E-state index < -0.39 is 6.43 Å². The number of amides is 1. The summed E-state index contributed by atoms with van der Waals surface area (Å²) in [6.07, 6.45) is 1.25. The molecule has 0 spiro atoms. The monoisotopic (exact) mass is 342 g/mol. The predicted molar refractivity (Wildman–Crippen MR) is 84.1 cm³/mol. The minimum atomic E-state index is -2.63. The van der Waals surface area contributed by atoms with E-state index in [4.69, 9.17) is 4.74 Å². The molecule has 1 aromatic rings. The molecule has 3 heterocycles. The quantitative estimate of drug-likeness (QED) is 0.905. The second kappa shape index (κ2) is 7.57. The highest BCUT2D eigenvalue weighted by atomic mass is 19.3. The Morgan fingerprint density at radius 2 is 1.96 bits per heavy atom. The molecule has 8 heteroatoms. The van der Waals surface area contributed by atoms with Crippen LogP contribution in [-0.2, 0) is 11.8 Å². The van der Waals surface area contributed by atoms with E-state index in [0.29, 0.717) is 6.04 Å². The minimum absolute atomic E-state index is 0.0552. The van der Waals surface area contributed by atoms with Crippen molar-refractivity contribution in [2.45, 2.75) is 44.2 Å². The molecule has 0 bridgehead atoms. The van der Waals surface area contributed by atoms with Gasteiger partial charge < -0.3 is 15.0 Å². The maximum absolute atomic E-state index is 12.8. The third kappa shape index (κ3) is 3.92. The van der Waals surface area contributed by atoms with Crippen molar-refractivity contribution in [3.63, 3.8) is 0 Å². The predicted octanol–water partition coefficient (Wildman–Crippen LogP) is 1.73. The number of carbonyl (C=O) groups is 1. The molecule has 0 saturated carbocycles. The van der Waals surface area contributed by atoms with E-state index in [2.05, 4.69) is 15.3 Å². The van der Waals surface area contributed by atoms with Crippen molar-refractivity contribution >= 4 is 5.91 Å². The Balaban J connectivity index is 1.50. The summed E-state index contributed by atoms with van der Waals surface area (Å²) in [6, 6.07) is 1.82. The minimum Gasteiger partial charge on any atom is -0.381 e. The molecular formula is C16H24F2N4O2. The van der Waals surface area contributed by atoms with Crippen molar-refractivity contribution in [3.05, 3.63) is 17.5 Å². The zero-order valence-electron chi connectivity index (χ0n) is 13.9. The van der Waals surface area contributed by atoms with Crippen molar-refractivity contribution in [2.24, 2.45) is 7.05 Å². The van der Waals surface area contributed by atoms with Gasteiger partial charge in [-0.25, -0.2) is 8.78 Å². The van der Waals surface area contributed by atoms with Gasteiger partial charge in [0.25, 0.3) is 12.3 Å². The van der Waals surface area contributed by atoms with Gasteiger partial charge in [-0.05, 0) is 31.7 Å². The van der Waals surface area contributed by atoms with E-state index in [1.54, 1.807) is 0 Å². The van der Waals surface area contributed by atoms with E-state index in [9.17, 15) is 13.6 Å². The molecule has 2 saturated heterocycles. The molecule has 1 N–H and O–H groups in total. The molecule has 2 aliphatic rings. The number of likely N-dealkylation sites (tertiary alicyclic amines) is 1. The zero-order valence-corrected chi connectivity index (χ0v) is 13.9. The Hall–Kier alpha value is -1.54. The Morgan fingerprint density at radius 3 is 2.54 bits per heavy atom. The number of nitrogens with zero attached hydrogens (tertiary/aromatic N) is 3. The highest BCUT2D eigenvalue weighted by Gasteiger charge is 2.28. The summed E-state index contributed by atoms with van der Waals surface area (Å²) in [4.78, 5) is 14.7. The lowest BCUT2D eigenvalue weighted by molar-refractivity contribution is 0.0238. The first kappa shape index (κ1) is 17.3. The lowest BCUT2D eigenvalue weighted by Gasteiger charge is -2.39. The van der Waals surface area contributed by atoms with E-state index in [0.717, 1.165) is 62.7 Å². The number of ether oxygens (including phenoxy) is 1. The van der Waals surface area contributed by atoms with Crippen LogP contribution >= 0.6 is 0 Å². The number of nitrogens with one attached hydrogen (secondary N) is 1. The highest BCUT2D eigenvalue weighted by molar-refractivity contribution is 5.92. The number of aryl methyl sites for hydroxylation is 1. The van der Waals surface area contributed by atoms with Crippen molar-refractivity contribution < 1.29 is 18.3 Å². The van der Waals surface area contributed by atoms with Crippen LogP contribution in [0.2, 0.25) is 0 Å². The number of halogens is 2. The molecule has 0 aliphatic carbocycles. The Labute approximate surface area is 140 Å². The number of carbonyl (C=O) groups excluding carboxylic acids is 1. The average Bonchev–Trinajstić information content (AvgIpc) is 2.99. The molecule has 134 valence electrons. The second-order valence-corrected chi connectivity index (χ2v) is 6.51. The van der Waals surface area contributed by atoms with Crippen LogP contribution in [0, 0.1) is 0 Å². The summed E-state index contributed by atoms with van der Waals surface area (Å²) in [6.45, 7) is 3.54. The number of hydrogen-bond acceptors (Lipinski definition) is 4. The smallest absolute Gasteiger partial charge is 0.280 e. The van der Waals surface area contributed by atoms with Gasteiger partial charge in [0.2, 0.25) is 0 Å². The standard InChI is InChI=1S/C16H24F2N4O2/c1-21-14(15(17)18)10-13(20-21)16(23)19-11-2-6-22(7-3-11)12-4-8-24-9-5-12/h10-12,15H,2-9H2,1H3,(H,19,23). The third-order valence-electron chi connectivity index (χ3n) is 4.94. The summed E-state index contributed by atoms with van der Waals surface area (Å²) < 4.78 is 32.0. The first-order chi connectivity index (χ1) is 11.5. The summed E-state index contributed by atoms with van der Waals surface area (Å²) in [5.74, 6) is -0.373. The molecular weight excluding hydrogens is 318 g/mol. The fourth-order valence-electron chi connectivity index (χ4n) is 3.52. The lowest BCUT2D eigenvalue weighted by atomic mass is 9.99. The largest absolute Gasteiger partial charge is 0.381 e. The molecule has 2 aliphatic heterocycles. The van der Waals surface area contributed by atoms with Gasteiger partial charge in [-0.1, -0.05) is 0 Å². The van der Waals surface area contributed by atoms with Crippen LogP contribution in [0.3, 0.4) is 0 Å². The first-order valence-electron chi connectivity index (χ1n) is 8.49. The molecule has 24 heavy (non-hydrogen) atoms. The molecule has 2 fully saturated rings. The zero-order chi connectivity index (χ0) is 17.1. The molecule has 0 unspecified atom stereocenters. The van der Waals surface area contributed by atoms with Gasteiger partial charge in [0.1, 0.15) is 5.69 Å². The van der Waals surface area contributed by atoms with Crippen LogP contribution in [-0.4, -0.2) is 59.0 Å². The van der Waals surface area contributed by atoms with E-state index in [-0.39, 0.29) is 23.3 Å². The maximum Gasteiger partial charge on any atom is 0.280 e. The summed E-state index contributed by atoms with van der Waals surface area (Å²) >= 11 is 0. The first-order valence-corrected chi connectivity index (χ1v) is 8.49. The molecule has 1 amide bonds. The van der Waals surface area contributed by atoms with Crippen molar-refractivity contribution in [3.8, 4) is 0 Å². The molecule has 3 rings (SSSR count). The molecule has 0 radical (unpaired) electrons.